The van der Waals surface area contributed by atoms with E-state index in [1.54, 1.807) is 4.90 Å². The third-order valence-corrected chi connectivity index (χ3v) is 4.21. The van der Waals surface area contributed by atoms with Gasteiger partial charge < -0.3 is 15.3 Å². The first-order valence-electron chi connectivity index (χ1n) is 10.2. The zero-order valence-corrected chi connectivity index (χ0v) is 19.1. The average molecular weight is 432 g/mol. The van der Waals surface area contributed by atoms with Crippen LogP contribution in [0.3, 0.4) is 0 Å². The number of hydrogen-bond acceptors (Lipinski definition) is 6. The Morgan fingerprint density at radius 2 is 1.94 bits per heavy atom. The summed E-state index contributed by atoms with van der Waals surface area (Å²) in [5.74, 6) is 10.6. The smallest absolute Gasteiger partial charge is 0.223 e. The third kappa shape index (κ3) is 13.8. The summed E-state index contributed by atoms with van der Waals surface area (Å²) in [5.41, 5.74) is 1.63. The van der Waals surface area contributed by atoms with Gasteiger partial charge in [0.15, 0.2) is 0 Å². The molecule has 0 aliphatic carbocycles. The largest absolute Gasteiger partial charge is 0.391 e. The van der Waals surface area contributed by atoms with Crippen LogP contribution in [-0.4, -0.2) is 41.5 Å². The van der Waals surface area contributed by atoms with Crippen LogP contribution in [-0.2, 0) is 16.1 Å². The molecule has 1 unspecified atom stereocenters. The highest BCUT2D eigenvalue weighted by atomic mass is 16.3. The lowest BCUT2D eigenvalue weighted by molar-refractivity contribution is -0.132. The fourth-order valence-corrected chi connectivity index (χ4v) is 2.64. The number of carbonyl (C=O) groups excluding carboxylic acids is 2. The number of nitrogens with one attached hydrogen (secondary N) is 1. The molecule has 1 atom stereocenters. The number of aliphatic hydroxyl groups is 1. The van der Waals surface area contributed by atoms with E-state index in [1.807, 2.05) is 52.0 Å². The quantitative estimate of drug-likeness (QED) is 0.233. The van der Waals surface area contributed by atoms with Gasteiger partial charge in [0, 0.05) is 38.0 Å². The summed E-state index contributed by atoms with van der Waals surface area (Å²) >= 11 is 0. The number of terminal acetylenes is 1. The van der Waals surface area contributed by atoms with Crippen LogP contribution >= 0.6 is 0 Å². The molecule has 6 N–H and O–H groups in total. The molecule has 0 radical (unpaired) electrons. The standard InChI is InChI=1S/C11H18N2O2.C10H9NO.C2H6.H4N2/c1-11(2,4-5-12)7-10(15)13-6-3-9(14)8-13;1-2-9-3-5-10(6-4-9)7-11-8-12;2*1-2/h9,14H,3-4,6-8H2,1-2H3;1,3-6,8H,7H2,(H,11,12);1-2H3;1-2H2. The number of likely N-dealkylation sites (tertiary alicyclic amines) is 1. The molecule has 31 heavy (non-hydrogen) atoms. The normalized spacial score (nSPS) is 14.1. The fourth-order valence-electron chi connectivity index (χ4n) is 2.64. The molecule has 2 rings (SSSR count). The van der Waals surface area contributed by atoms with Gasteiger partial charge in [-0.1, -0.05) is 45.7 Å². The maximum absolute atomic E-state index is 11.8. The molecule has 0 saturated carbocycles. The second-order valence-corrected chi connectivity index (χ2v) is 7.30. The van der Waals surface area contributed by atoms with Gasteiger partial charge in [0.2, 0.25) is 12.3 Å². The number of benzene rings is 1. The Morgan fingerprint density at radius 3 is 2.35 bits per heavy atom. The zero-order chi connectivity index (χ0) is 24.3. The van der Waals surface area contributed by atoms with E-state index in [4.69, 9.17) is 11.7 Å². The molecule has 1 fully saturated rings. The number of hydrogen-bond donors (Lipinski definition) is 4. The summed E-state index contributed by atoms with van der Waals surface area (Å²) in [4.78, 5) is 23.4. The van der Waals surface area contributed by atoms with Crippen LogP contribution in [0, 0.1) is 29.1 Å². The van der Waals surface area contributed by atoms with Crippen molar-refractivity contribution in [2.24, 2.45) is 17.1 Å². The van der Waals surface area contributed by atoms with Crippen molar-refractivity contribution in [3.05, 3.63) is 35.4 Å². The predicted octanol–water partition coefficient (Wildman–Crippen LogP) is 1.67. The van der Waals surface area contributed by atoms with Gasteiger partial charge in [-0.15, -0.1) is 6.42 Å². The van der Waals surface area contributed by atoms with Crippen LogP contribution in [0.2, 0.25) is 0 Å². The lowest BCUT2D eigenvalue weighted by Crippen LogP contribution is -2.33. The molecule has 172 valence electrons. The van der Waals surface area contributed by atoms with Crippen molar-refractivity contribution in [1.82, 2.24) is 10.2 Å². The Hall–Kier alpha value is -2.91. The fraction of sp³-hybridized carbons (Fsp3) is 0.522. The summed E-state index contributed by atoms with van der Waals surface area (Å²) in [5, 5.41) is 20.5. The molecule has 8 heteroatoms. The monoisotopic (exact) mass is 431 g/mol. The number of aliphatic hydroxyl groups excluding tert-OH is 1. The van der Waals surface area contributed by atoms with Crippen molar-refractivity contribution in [2.75, 3.05) is 13.1 Å². The first-order chi connectivity index (χ1) is 14.8. The second-order valence-electron chi connectivity index (χ2n) is 7.30. The molecule has 0 bridgehead atoms. The van der Waals surface area contributed by atoms with E-state index >= 15 is 0 Å². The van der Waals surface area contributed by atoms with Crippen LogP contribution < -0.4 is 17.0 Å². The maximum atomic E-state index is 11.8. The molecule has 2 amide bonds. The van der Waals surface area contributed by atoms with Crippen molar-refractivity contribution in [3.8, 4) is 18.4 Å². The summed E-state index contributed by atoms with van der Waals surface area (Å²) in [6.45, 7) is 9.47. The number of carbonyl (C=O) groups is 2. The van der Waals surface area contributed by atoms with Gasteiger partial charge in [-0.2, -0.15) is 5.26 Å². The molecule has 0 aromatic heterocycles. The van der Waals surface area contributed by atoms with Crippen LogP contribution in [0.25, 0.3) is 0 Å². The Kier molecular flexibility index (Phi) is 17.5. The van der Waals surface area contributed by atoms with Gasteiger partial charge in [0.1, 0.15) is 0 Å². The lowest BCUT2D eigenvalue weighted by Gasteiger charge is -2.24. The Labute approximate surface area is 186 Å². The lowest BCUT2D eigenvalue weighted by atomic mass is 9.86. The Bertz CT molecular complexity index is 705. The topological polar surface area (TPSA) is 145 Å². The minimum Gasteiger partial charge on any atom is -0.391 e. The molecular weight excluding hydrogens is 394 g/mol. The van der Waals surface area contributed by atoms with E-state index in [0.29, 0.717) is 45.3 Å². The Morgan fingerprint density at radius 1 is 1.35 bits per heavy atom. The van der Waals surface area contributed by atoms with E-state index in [-0.39, 0.29) is 17.4 Å². The first-order valence-corrected chi connectivity index (χ1v) is 10.2. The van der Waals surface area contributed by atoms with Gasteiger partial charge in [-0.05, 0) is 29.5 Å². The van der Waals surface area contributed by atoms with E-state index in [9.17, 15) is 14.7 Å². The molecule has 1 aliphatic heterocycles. The van der Waals surface area contributed by atoms with Gasteiger partial charge in [-0.3, -0.25) is 21.3 Å². The van der Waals surface area contributed by atoms with Crippen molar-refractivity contribution in [1.29, 1.82) is 5.26 Å². The van der Waals surface area contributed by atoms with Crippen LogP contribution in [0.5, 0.6) is 0 Å². The van der Waals surface area contributed by atoms with E-state index in [0.717, 1.165) is 11.1 Å². The summed E-state index contributed by atoms with van der Waals surface area (Å²) in [6, 6.07) is 9.58. The molecule has 1 saturated heterocycles. The van der Waals surface area contributed by atoms with Crippen LogP contribution in [0.1, 0.15) is 58.1 Å². The summed E-state index contributed by atoms with van der Waals surface area (Å²) in [6.07, 6.45) is 6.92. The molecular formula is C23H37N5O3. The predicted molar refractivity (Wildman–Crippen MR) is 123 cm³/mol. The zero-order valence-electron chi connectivity index (χ0n) is 19.1. The number of rotatable bonds is 6. The van der Waals surface area contributed by atoms with Gasteiger partial charge in [0.05, 0.1) is 12.2 Å². The molecule has 1 aromatic rings. The van der Waals surface area contributed by atoms with Gasteiger partial charge in [-0.25, -0.2) is 0 Å². The Balaban J connectivity index is 0. The SMILES string of the molecule is C#Cc1ccc(CNC=O)cc1.CC.CC(C)(CC#N)CC(=O)N1CCC(O)C1.NN. The van der Waals surface area contributed by atoms with E-state index in [2.05, 4.69) is 29.0 Å². The number of hydrazine groups is 1. The van der Waals surface area contributed by atoms with E-state index < -0.39 is 0 Å². The summed E-state index contributed by atoms with van der Waals surface area (Å²) < 4.78 is 0. The summed E-state index contributed by atoms with van der Waals surface area (Å²) in [7, 11) is 0. The molecule has 1 aromatic carbocycles. The minimum atomic E-state index is -0.368. The maximum Gasteiger partial charge on any atom is 0.223 e. The molecule has 1 aliphatic rings. The first kappa shape index (κ1) is 30.3. The highest BCUT2D eigenvalue weighted by Gasteiger charge is 2.29. The highest BCUT2D eigenvalue weighted by Crippen LogP contribution is 2.26. The third-order valence-electron chi connectivity index (χ3n) is 4.21. The second kappa shape index (κ2) is 17.9. The average Bonchev–Trinajstić information content (AvgIpc) is 3.22. The number of nitrogens with zero attached hydrogens (tertiary/aromatic N) is 2. The highest BCUT2D eigenvalue weighted by molar-refractivity contribution is 5.77. The van der Waals surface area contributed by atoms with Crippen LogP contribution in [0.4, 0.5) is 0 Å². The van der Waals surface area contributed by atoms with Crippen LogP contribution in [0.15, 0.2) is 24.3 Å². The number of nitriles is 1. The number of amides is 2. The van der Waals surface area contributed by atoms with Crippen molar-refractivity contribution < 1.29 is 14.7 Å². The van der Waals surface area contributed by atoms with Gasteiger partial charge in [0.25, 0.3) is 0 Å². The van der Waals surface area contributed by atoms with Crippen molar-refractivity contribution >= 4 is 12.3 Å². The van der Waals surface area contributed by atoms with Gasteiger partial charge >= 0.3 is 0 Å². The molecule has 1 heterocycles. The van der Waals surface area contributed by atoms with E-state index in [1.165, 1.54) is 0 Å². The number of nitrogens with two attached hydrogens (primary N) is 2. The minimum absolute atomic E-state index is 0.0480. The van der Waals surface area contributed by atoms with Crippen molar-refractivity contribution in [3.63, 3.8) is 0 Å². The van der Waals surface area contributed by atoms with Crippen molar-refractivity contribution in [2.45, 2.75) is 59.6 Å². The number of β-amino-alcohol motifs (C(OH)–C–C–N with tert-alkyl or cyclic N) is 1. The molecule has 8 nitrogen and oxygen atoms in total. The molecule has 0 spiro atoms.